The van der Waals surface area contributed by atoms with Gasteiger partial charge in [-0.1, -0.05) is 60.1 Å². The van der Waals surface area contributed by atoms with Gasteiger partial charge in [0.2, 0.25) is 5.91 Å². The number of carboxylic acids is 1. The van der Waals surface area contributed by atoms with Gasteiger partial charge in [0, 0.05) is 45.8 Å². The molecule has 1 saturated heterocycles. The van der Waals surface area contributed by atoms with Gasteiger partial charge in [-0.3, -0.25) is 19.4 Å². The van der Waals surface area contributed by atoms with Crippen molar-refractivity contribution in [3.63, 3.8) is 0 Å². The van der Waals surface area contributed by atoms with Crippen LogP contribution in [0, 0.1) is 0 Å². The first-order chi connectivity index (χ1) is 20.3. The summed E-state index contributed by atoms with van der Waals surface area (Å²) in [5, 5.41) is 15.0. The predicted molar refractivity (Wildman–Crippen MR) is 163 cm³/mol. The van der Waals surface area contributed by atoms with Crippen molar-refractivity contribution in [2.24, 2.45) is 0 Å². The average molecular weight is 594 g/mol. The maximum Gasteiger partial charge on any atom is 0.323 e. The van der Waals surface area contributed by atoms with Crippen molar-refractivity contribution in [2.45, 2.75) is 13.0 Å². The Kier molecular flexibility index (Phi) is 11.2. The first kappa shape index (κ1) is 30.8. The molecule has 1 aliphatic heterocycles. The van der Waals surface area contributed by atoms with Gasteiger partial charge in [0.05, 0.1) is 36.5 Å². The number of rotatable bonds is 12. The molecule has 3 aromatic rings. The summed E-state index contributed by atoms with van der Waals surface area (Å²) in [5.74, 6) is -0.407. The summed E-state index contributed by atoms with van der Waals surface area (Å²) in [7, 11) is 1.51. The molecule has 0 spiro atoms. The van der Waals surface area contributed by atoms with E-state index in [9.17, 15) is 14.4 Å². The van der Waals surface area contributed by atoms with Crippen LogP contribution in [0.3, 0.4) is 0 Å². The van der Waals surface area contributed by atoms with Crippen molar-refractivity contribution in [2.75, 3.05) is 63.6 Å². The number of carbonyl (C=O) groups is 3. The van der Waals surface area contributed by atoms with Crippen LogP contribution < -0.4 is 15.4 Å². The fourth-order valence-corrected chi connectivity index (χ4v) is 4.98. The Labute approximate surface area is 250 Å². The number of methoxy groups -OCH3 is 1. The molecule has 0 bridgehead atoms. The molecule has 4 rings (SSSR count). The molecule has 0 aromatic heterocycles. The smallest absolute Gasteiger partial charge is 0.323 e. The first-order valence-electron chi connectivity index (χ1n) is 13.8. The predicted octanol–water partition coefficient (Wildman–Crippen LogP) is 4.27. The highest BCUT2D eigenvalue weighted by Gasteiger charge is 2.21. The van der Waals surface area contributed by atoms with Crippen molar-refractivity contribution in [3.8, 4) is 5.75 Å². The molecule has 42 heavy (non-hydrogen) atoms. The van der Waals surface area contributed by atoms with Crippen molar-refractivity contribution in [3.05, 3.63) is 88.9 Å². The number of urea groups is 1. The lowest BCUT2D eigenvalue weighted by atomic mass is 10.1. The lowest BCUT2D eigenvalue weighted by Gasteiger charge is -2.35. The van der Waals surface area contributed by atoms with Gasteiger partial charge in [0.15, 0.2) is 0 Å². The van der Waals surface area contributed by atoms with Crippen LogP contribution >= 0.6 is 11.6 Å². The van der Waals surface area contributed by atoms with E-state index in [2.05, 4.69) is 15.5 Å². The second-order valence-corrected chi connectivity index (χ2v) is 10.5. The molecule has 0 atom stereocenters. The third-order valence-corrected chi connectivity index (χ3v) is 7.40. The van der Waals surface area contributed by atoms with Gasteiger partial charge < -0.3 is 25.4 Å². The first-order valence-corrected chi connectivity index (χ1v) is 14.2. The lowest BCUT2D eigenvalue weighted by Crippen LogP contribution is -2.50. The largest absolute Gasteiger partial charge is 0.495 e. The molecule has 1 aliphatic rings. The van der Waals surface area contributed by atoms with E-state index in [-0.39, 0.29) is 18.9 Å². The minimum Gasteiger partial charge on any atom is -0.495 e. The van der Waals surface area contributed by atoms with Crippen molar-refractivity contribution < 1.29 is 24.2 Å². The number of halogens is 1. The van der Waals surface area contributed by atoms with Crippen molar-refractivity contribution in [1.29, 1.82) is 0 Å². The fraction of sp³-hybridized carbons (Fsp3) is 0.323. The third-order valence-electron chi connectivity index (χ3n) is 7.07. The molecule has 0 aliphatic carbocycles. The molecule has 222 valence electrons. The molecule has 0 unspecified atom stereocenters. The van der Waals surface area contributed by atoms with Gasteiger partial charge in [-0.05, 0) is 35.4 Å². The minimum atomic E-state index is -0.816. The summed E-state index contributed by atoms with van der Waals surface area (Å²) in [6, 6.07) is 21.6. The van der Waals surface area contributed by atoms with Gasteiger partial charge in [-0.25, -0.2) is 4.79 Å². The van der Waals surface area contributed by atoms with Crippen LogP contribution in [0.15, 0.2) is 72.8 Å². The number of hydrogen-bond donors (Lipinski definition) is 3. The summed E-state index contributed by atoms with van der Waals surface area (Å²) in [6.45, 7) is 4.68. The van der Waals surface area contributed by atoms with E-state index in [0.717, 1.165) is 24.2 Å². The number of piperazine rings is 1. The summed E-state index contributed by atoms with van der Waals surface area (Å²) >= 11 is 6.14. The highest BCUT2D eigenvalue weighted by molar-refractivity contribution is 6.33. The van der Waals surface area contributed by atoms with Crippen LogP contribution in [-0.4, -0.2) is 90.6 Å². The Morgan fingerprint density at radius 3 is 2.24 bits per heavy atom. The topological polar surface area (TPSA) is 114 Å². The monoisotopic (exact) mass is 593 g/mol. The Hall–Kier alpha value is -4.12. The SMILES string of the molecule is COc1cc(CC(=O)N(CCN2CCN(CC(=O)O)CC2)Cc2ccccc2)ccc1NC(=O)Nc1ccccc1Cl. The molecular formula is C31H36ClN5O5. The van der Waals surface area contributed by atoms with Gasteiger partial charge in [0.1, 0.15) is 5.75 Å². The average Bonchev–Trinajstić information content (AvgIpc) is 2.98. The number of ether oxygens (including phenoxy) is 1. The zero-order chi connectivity index (χ0) is 29.9. The van der Waals surface area contributed by atoms with E-state index in [1.54, 1.807) is 42.5 Å². The molecule has 1 heterocycles. The summed E-state index contributed by atoms with van der Waals surface area (Å²) in [5.41, 5.74) is 2.74. The zero-order valence-electron chi connectivity index (χ0n) is 23.6. The molecule has 1 fully saturated rings. The van der Waals surface area contributed by atoms with Crippen LogP contribution in [0.25, 0.3) is 0 Å². The van der Waals surface area contributed by atoms with Gasteiger partial charge in [0.25, 0.3) is 0 Å². The number of para-hydroxylation sites is 1. The van der Waals surface area contributed by atoms with E-state index in [4.69, 9.17) is 21.4 Å². The standard InChI is InChI=1S/C31H36ClN5O5/c1-42-28-19-24(11-12-27(28)34-31(41)33-26-10-6-5-9-25(26)32)20-29(38)37(21-23-7-3-2-4-8-23)18-17-35-13-15-36(16-14-35)22-30(39)40/h2-12,19H,13-18,20-22H2,1H3,(H,39,40)(H2,33,34,41). The number of aliphatic carboxylic acids is 1. The third kappa shape index (κ3) is 9.20. The lowest BCUT2D eigenvalue weighted by molar-refractivity contribution is -0.139. The quantitative estimate of drug-likeness (QED) is 0.287. The number of hydrogen-bond acceptors (Lipinski definition) is 6. The zero-order valence-corrected chi connectivity index (χ0v) is 24.3. The van der Waals surface area contributed by atoms with Gasteiger partial charge in [-0.2, -0.15) is 0 Å². The molecule has 11 heteroatoms. The minimum absolute atomic E-state index is 0.0254. The van der Waals surface area contributed by atoms with Crippen LogP contribution in [0.4, 0.5) is 16.2 Å². The normalized spacial score (nSPS) is 13.8. The number of carboxylic acid groups (broad SMARTS) is 1. The van der Waals surface area contributed by atoms with E-state index in [1.165, 1.54) is 7.11 Å². The summed E-state index contributed by atoms with van der Waals surface area (Å²) in [4.78, 5) is 43.2. The van der Waals surface area contributed by atoms with E-state index in [0.29, 0.717) is 54.9 Å². The molecule has 3 aromatic carbocycles. The van der Waals surface area contributed by atoms with E-state index in [1.807, 2.05) is 40.1 Å². The molecule has 3 N–H and O–H groups in total. The van der Waals surface area contributed by atoms with Crippen LogP contribution in [0.5, 0.6) is 5.75 Å². The fourth-order valence-electron chi connectivity index (χ4n) is 4.79. The Balaban J connectivity index is 1.38. The molecule has 3 amide bonds. The Morgan fingerprint density at radius 1 is 0.881 bits per heavy atom. The Morgan fingerprint density at radius 2 is 1.55 bits per heavy atom. The van der Waals surface area contributed by atoms with Gasteiger partial charge in [-0.15, -0.1) is 0 Å². The second-order valence-electron chi connectivity index (χ2n) is 10.1. The summed E-state index contributed by atoms with van der Waals surface area (Å²) < 4.78 is 5.52. The van der Waals surface area contributed by atoms with Crippen LogP contribution in [0.2, 0.25) is 5.02 Å². The molecule has 0 radical (unpaired) electrons. The van der Waals surface area contributed by atoms with Crippen molar-refractivity contribution >= 4 is 40.9 Å². The highest BCUT2D eigenvalue weighted by Crippen LogP contribution is 2.27. The van der Waals surface area contributed by atoms with Crippen LogP contribution in [0.1, 0.15) is 11.1 Å². The number of anilines is 2. The second kappa shape index (κ2) is 15.2. The number of amides is 3. The van der Waals surface area contributed by atoms with E-state index >= 15 is 0 Å². The van der Waals surface area contributed by atoms with Crippen molar-refractivity contribution in [1.82, 2.24) is 14.7 Å². The van der Waals surface area contributed by atoms with Gasteiger partial charge >= 0.3 is 12.0 Å². The van der Waals surface area contributed by atoms with E-state index < -0.39 is 12.0 Å². The van der Waals surface area contributed by atoms with Crippen LogP contribution in [-0.2, 0) is 22.6 Å². The number of nitrogens with zero attached hydrogens (tertiary/aromatic N) is 3. The molecule has 10 nitrogen and oxygen atoms in total. The molecule has 0 saturated carbocycles. The molecular weight excluding hydrogens is 558 g/mol. The number of carbonyl (C=O) groups excluding carboxylic acids is 2. The highest BCUT2D eigenvalue weighted by atomic mass is 35.5. The maximum absolute atomic E-state index is 13.6. The Bertz CT molecular complexity index is 1360. The maximum atomic E-state index is 13.6. The number of nitrogens with one attached hydrogen (secondary N) is 2. The number of benzene rings is 3. The summed E-state index contributed by atoms with van der Waals surface area (Å²) in [6.07, 6.45) is 0.168.